The summed E-state index contributed by atoms with van der Waals surface area (Å²) >= 11 is 6.02. The molecule has 0 aromatic heterocycles. The van der Waals surface area contributed by atoms with Gasteiger partial charge < -0.3 is 19.3 Å². The molecule has 6 heteroatoms. The van der Waals surface area contributed by atoms with Crippen molar-refractivity contribution >= 4 is 23.1 Å². The second-order valence-corrected chi connectivity index (χ2v) is 7.56. The van der Waals surface area contributed by atoms with Crippen LogP contribution in [-0.2, 0) is 21.7 Å². The summed E-state index contributed by atoms with van der Waals surface area (Å²) in [4.78, 5) is 13.0. The van der Waals surface area contributed by atoms with Crippen LogP contribution in [0.15, 0.2) is 78.4 Å². The first-order valence-corrected chi connectivity index (χ1v) is 10.1. The predicted molar refractivity (Wildman–Crippen MR) is 118 cm³/mol. The van der Waals surface area contributed by atoms with Crippen molar-refractivity contribution in [1.82, 2.24) is 0 Å². The first-order valence-electron chi connectivity index (χ1n) is 9.68. The number of methoxy groups -OCH3 is 2. The van der Waals surface area contributed by atoms with Crippen LogP contribution in [0.3, 0.4) is 0 Å². The largest absolute Gasteiger partial charge is 0.493 e. The molecule has 0 spiro atoms. The number of hydrogen-bond donors (Lipinski definition) is 1. The molecule has 1 atom stereocenters. The van der Waals surface area contributed by atoms with Crippen molar-refractivity contribution in [3.05, 3.63) is 100 Å². The molecule has 1 heterocycles. The van der Waals surface area contributed by atoms with E-state index in [1.165, 1.54) is 7.11 Å². The fourth-order valence-corrected chi connectivity index (χ4v) is 3.87. The second kappa shape index (κ2) is 8.46. The molecule has 1 aliphatic rings. The van der Waals surface area contributed by atoms with Gasteiger partial charge in [0.05, 0.1) is 19.8 Å². The van der Waals surface area contributed by atoms with Crippen molar-refractivity contribution in [2.75, 3.05) is 14.2 Å². The highest BCUT2D eigenvalue weighted by Crippen LogP contribution is 2.45. The number of hydrogen-bond acceptors (Lipinski definition) is 5. The van der Waals surface area contributed by atoms with E-state index < -0.39 is 11.8 Å². The van der Waals surface area contributed by atoms with Crippen LogP contribution >= 0.6 is 11.6 Å². The molecule has 158 valence electrons. The summed E-state index contributed by atoms with van der Waals surface area (Å²) in [5, 5.41) is 12.1. The zero-order valence-electron chi connectivity index (χ0n) is 17.1. The summed E-state index contributed by atoms with van der Waals surface area (Å²) in [6.07, 6.45) is 0.315. The van der Waals surface area contributed by atoms with Crippen molar-refractivity contribution in [2.45, 2.75) is 12.2 Å². The molecule has 3 aromatic rings. The summed E-state index contributed by atoms with van der Waals surface area (Å²) in [7, 11) is 3.07. The third kappa shape index (κ3) is 3.90. The average Bonchev–Trinajstić information content (AvgIpc) is 3.04. The van der Waals surface area contributed by atoms with E-state index in [4.69, 9.17) is 25.8 Å². The molecule has 1 unspecified atom stereocenters. The molecule has 0 fully saturated rings. The molecule has 0 radical (unpaired) electrons. The standard InChI is InChI=1S/C25H21ClO5/c1-29-21-13-8-17(15-22(21)30-2)23-20(14-16-6-4-3-5-7-16)25(28,31-24(23)27)18-9-11-19(26)12-10-18/h3-13,15,28H,14H2,1-2H3. The van der Waals surface area contributed by atoms with Gasteiger partial charge in [0.2, 0.25) is 0 Å². The molecule has 0 amide bonds. The lowest BCUT2D eigenvalue weighted by Gasteiger charge is -2.25. The van der Waals surface area contributed by atoms with Crippen LogP contribution in [0.5, 0.6) is 11.5 Å². The van der Waals surface area contributed by atoms with Gasteiger partial charge in [-0.25, -0.2) is 4.79 Å². The molecule has 1 aliphatic heterocycles. The molecule has 0 saturated heterocycles. The highest BCUT2D eigenvalue weighted by atomic mass is 35.5. The van der Waals surface area contributed by atoms with E-state index in [0.29, 0.717) is 45.2 Å². The first-order chi connectivity index (χ1) is 15.0. The normalized spacial score (nSPS) is 18.1. The number of carbonyl (C=O) groups is 1. The highest BCUT2D eigenvalue weighted by Gasteiger charge is 2.48. The third-order valence-electron chi connectivity index (χ3n) is 5.29. The summed E-state index contributed by atoms with van der Waals surface area (Å²) in [6, 6.07) is 21.4. The van der Waals surface area contributed by atoms with Gasteiger partial charge in [0.25, 0.3) is 5.79 Å². The van der Waals surface area contributed by atoms with E-state index >= 15 is 0 Å². The molecule has 5 nitrogen and oxygen atoms in total. The molecule has 0 bridgehead atoms. The molecule has 1 N–H and O–H groups in total. The number of cyclic esters (lactones) is 1. The summed E-state index contributed by atoms with van der Waals surface area (Å²) in [5.74, 6) is -1.52. The second-order valence-electron chi connectivity index (χ2n) is 7.13. The van der Waals surface area contributed by atoms with Crippen LogP contribution < -0.4 is 9.47 Å². The Morgan fingerprint density at radius 3 is 2.26 bits per heavy atom. The smallest absolute Gasteiger partial charge is 0.342 e. The van der Waals surface area contributed by atoms with Crippen molar-refractivity contribution < 1.29 is 24.1 Å². The average molecular weight is 437 g/mol. The van der Waals surface area contributed by atoms with Gasteiger partial charge in [-0.15, -0.1) is 0 Å². The maximum absolute atomic E-state index is 13.0. The monoisotopic (exact) mass is 436 g/mol. The van der Waals surface area contributed by atoms with Gasteiger partial charge in [0, 0.05) is 22.6 Å². The van der Waals surface area contributed by atoms with Crippen LogP contribution in [-0.4, -0.2) is 25.3 Å². The Labute approximate surface area is 185 Å². The van der Waals surface area contributed by atoms with Gasteiger partial charge in [-0.3, -0.25) is 0 Å². The zero-order valence-corrected chi connectivity index (χ0v) is 17.8. The Hall–Kier alpha value is -3.28. The molecule has 0 saturated carbocycles. The van der Waals surface area contributed by atoms with E-state index in [0.717, 1.165) is 5.56 Å². The fourth-order valence-electron chi connectivity index (χ4n) is 3.74. The lowest BCUT2D eigenvalue weighted by atomic mass is 9.88. The maximum atomic E-state index is 13.0. The minimum Gasteiger partial charge on any atom is -0.493 e. The van der Waals surface area contributed by atoms with Gasteiger partial charge in [0.1, 0.15) is 0 Å². The van der Waals surface area contributed by atoms with E-state index in [1.54, 1.807) is 49.6 Å². The minimum atomic E-state index is -1.92. The Balaban J connectivity index is 1.91. The van der Waals surface area contributed by atoms with Crippen molar-refractivity contribution in [3.8, 4) is 11.5 Å². The highest BCUT2D eigenvalue weighted by molar-refractivity contribution is 6.30. The summed E-state index contributed by atoms with van der Waals surface area (Å²) < 4.78 is 16.3. The predicted octanol–water partition coefficient (Wildman–Crippen LogP) is 4.76. The third-order valence-corrected chi connectivity index (χ3v) is 5.54. The lowest BCUT2D eigenvalue weighted by Crippen LogP contribution is -2.29. The van der Waals surface area contributed by atoms with E-state index in [2.05, 4.69) is 0 Å². The number of halogens is 1. The van der Waals surface area contributed by atoms with Crippen LogP contribution in [0.2, 0.25) is 5.02 Å². The Morgan fingerprint density at radius 2 is 1.61 bits per heavy atom. The van der Waals surface area contributed by atoms with Crippen molar-refractivity contribution in [1.29, 1.82) is 0 Å². The number of ether oxygens (including phenoxy) is 3. The quantitative estimate of drug-likeness (QED) is 0.564. The van der Waals surface area contributed by atoms with Crippen LogP contribution in [0.4, 0.5) is 0 Å². The molecule has 0 aliphatic carbocycles. The molecular formula is C25H21ClO5. The SMILES string of the molecule is COc1ccc(C2=C(Cc3ccccc3)C(O)(c3ccc(Cl)cc3)OC2=O)cc1OC. The van der Waals surface area contributed by atoms with E-state index in [-0.39, 0.29) is 0 Å². The van der Waals surface area contributed by atoms with Gasteiger partial charge in [-0.2, -0.15) is 0 Å². The van der Waals surface area contributed by atoms with Crippen molar-refractivity contribution in [3.63, 3.8) is 0 Å². The van der Waals surface area contributed by atoms with Gasteiger partial charge in [-0.05, 0) is 35.4 Å². The summed E-state index contributed by atoms with van der Waals surface area (Å²) in [6.45, 7) is 0. The van der Waals surface area contributed by atoms with E-state index in [1.807, 2.05) is 30.3 Å². The van der Waals surface area contributed by atoms with Crippen LogP contribution in [0, 0.1) is 0 Å². The Kier molecular flexibility index (Phi) is 5.72. The minimum absolute atomic E-state index is 0.294. The number of carbonyl (C=O) groups excluding carboxylic acids is 1. The maximum Gasteiger partial charge on any atom is 0.342 e. The molecule has 3 aromatic carbocycles. The Bertz CT molecular complexity index is 1140. The summed E-state index contributed by atoms with van der Waals surface area (Å²) in [5.41, 5.74) is 2.66. The topological polar surface area (TPSA) is 65.0 Å². The molecular weight excluding hydrogens is 416 g/mol. The fraction of sp³-hybridized carbons (Fsp3) is 0.160. The molecule has 31 heavy (non-hydrogen) atoms. The Morgan fingerprint density at radius 1 is 0.935 bits per heavy atom. The number of benzene rings is 3. The number of esters is 1. The van der Waals surface area contributed by atoms with Crippen LogP contribution in [0.1, 0.15) is 16.7 Å². The zero-order chi connectivity index (χ0) is 22.0. The van der Waals surface area contributed by atoms with Gasteiger partial charge >= 0.3 is 5.97 Å². The van der Waals surface area contributed by atoms with Gasteiger partial charge in [0.15, 0.2) is 11.5 Å². The lowest BCUT2D eigenvalue weighted by molar-refractivity contribution is -0.185. The van der Waals surface area contributed by atoms with E-state index in [9.17, 15) is 9.90 Å². The number of aliphatic hydroxyl groups is 1. The first kappa shape index (κ1) is 21.0. The van der Waals surface area contributed by atoms with Crippen LogP contribution in [0.25, 0.3) is 5.57 Å². The molecule has 4 rings (SSSR count). The van der Waals surface area contributed by atoms with Crippen molar-refractivity contribution in [2.24, 2.45) is 0 Å². The van der Waals surface area contributed by atoms with Gasteiger partial charge in [-0.1, -0.05) is 60.1 Å². The number of rotatable bonds is 6.